The van der Waals surface area contributed by atoms with Crippen molar-refractivity contribution in [3.05, 3.63) is 26.9 Å². The summed E-state index contributed by atoms with van der Waals surface area (Å²) in [6, 6.07) is 0. The zero-order valence-corrected chi connectivity index (χ0v) is 8.10. The van der Waals surface area contributed by atoms with Crippen LogP contribution in [0.2, 0.25) is 5.28 Å². The van der Waals surface area contributed by atoms with Gasteiger partial charge < -0.3 is 4.74 Å². The van der Waals surface area contributed by atoms with Crippen LogP contribution < -0.4 is 5.56 Å². The standard InChI is InChI=1S/C8H9ClN2O2/c1-8(2)5-4(3-13-8)6(12)11-7(9)10-5/h3H2,1-2H3,(H,10,11,12). The fourth-order valence-electron chi connectivity index (χ4n) is 1.42. The summed E-state index contributed by atoms with van der Waals surface area (Å²) in [6.45, 7) is 4.03. The van der Waals surface area contributed by atoms with Crippen LogP contribution in [-0.4, -0.2) is 9.97 Å². The topological polar surface area (TPSA) is 55.0 Å². The van der Waals surface area contributed by atoms with Crippen molar-refractivity contribution in [1.29, 1.82) is 0 Å². The van der Waals surface area contributed by atoms with Gasteiger partial charge in [0.15, 0.2) is 0 Å². The number of nitrogens with one attached hydrogen (secondary N) is 1. The fraction of sp³-hybridized carbons (Fsp3) is 0.500. The average Bonchev–Trinajstić information content (AvgIpc) is 2.28. The van der Waals surface area contributed by atoms with Crippen LogP contribution >= 0.6 is 11.6 Å². The van der Waals surface area contributed by atoms with E-state index in [2.05, 4.69) is 9.97 Å². The molecule has 0 unspecified atom stereocenters. The van der Waals surface area contributed by atoms with E-state index >= 15 is 0 Å². The van der Waals surface area contributed by atoms with Crippen LogP contribution in [0.5, 0.6) is 0 Å². The summed E-state index contributed by atoms with van der Waals surface area (Å²) in [5.41, 5.74) is 0.504. The lowest BCUT2D eigenvalue weighted by atomic mass is 10.0. The molecule has 0 spiro atoms. The largest absolute Gasteiger partial charge is 0.364 e. The van der Waals surface area contributed by atoms with Gasteiger partial charge >= 0.3 is 0 Å². The Labute approximate surface area is 79.9 Å². The third-order valence-corrected chi connectivity index (χ3v) is 2.31. The molecule has 0 aliphatic carbocycles. The summed E-state index contributed by atoms with van der Waals surface area (Å²) < 4.78 is 5.41. The van der Waals surface area contributed by atoms with Crippen LogP contribution in [0.25, 0.3) is 0 Å². The highest BCUT2D eigenvalue weighted by atomic mass is 35.5. The number of H-pyrrole nitrogens is 1. The second kappa shape index (κ2) is 2.56. The lowest BCUT2D eigenvalue weighted by Crippen LogP contribution is -2.20. The SMILES string of the molecule is CC1(C)OCc2c1nc(Cl)[nH]c2=O. The van der Waals surface area contributed by atoms with E-state index in [0.717, 1.165) is 0 Å². The molecule has 5 heteroatoms. The van der Waals surface area contributed by atoms with Crippen molar-refractivity contribution in [3.8, 4) is 0 Å². The summed E-state index contributed by atoms with van der Waals surface area (Å²) in [6.07, 6.45) is 0. The fourth-order valence-corrected chi connectivity index (χ4v) is 1.59. The molecular formula is C8H9ClN2O2. The summed E-state index contributed by atoms with van der Waals surface area (Å²) >= 11 is 5.63. The predicted octanol–water partition coefficient (Wildman–Crippen LogP) is 1.19. The first kappa shape index (κ1) is 8.72. The van der Waals surface area contributed by atoms with Gasteiger partial charge in [0.25, 0.3) is 5.56 Å². The minimum Gasteiger partial charge on any atom is -0.364 e. The molecule has 70 valence electrons. The number of aromatic amines is 1. The Balaban J connectivity index is 2.72. The van der Waals surface area contributed by atoms with Gasteiger partial charge in [-0.3, -0.25) is 9.78 Å². The van der Waals surface area contributed by atoms with Crippen LogP contribution in [0, 0.1) is 0 Å². The maximum Gasteiger partial charge on any atom is 0.257 e. The van der Waals surface area contributed by atoms with Crippen molar-refractivity contribution in [1.82, 2.24) is 9.97 Å². The molecule has 1 aromatic heterocycles. The van der Waals surface area contributed by atoms with E-state index in [1.165, 1.54) is 0 Å². The highest BCUT2D eigenvalue weighted by Gasteiger charge is 2.34. The molecule has 1 aromatic rings. The van der Waals surface area contributed by atoms with E-state index in [0.29, 0.717) is 17.9 Å². The number of fused-ring (bicyclic) bond motifs is 1. The summed E-state index contributed by atoms with van der Waals surface area (Å²) in [7, 11) is 0. The number of aromatic nitrogens is 2. The van der Waals surface area contributed by atoms with Gasteiger partial charge in [0, 0.05) is 0 Å². The molecule has 2 rings (SSSR count). The molecule has 0 radical (unpaired) electrons. The van der Waals surface area contributed by atoms with Crippen molar-refractivity contribution in [2.75, 3.05) is 0 Å². The van der Waals surface area contributed by atoms with E-state index < -0.39 is 5.60 Å². The Hall–Kier alpha value is -0.870. The molecule has 0 atom stereocenters. The first-order valence-electron chi connectivity index (χ1n) is 3.94. The normalized spacial score (nSPS) is 18.7. The molecule has 0 bridgehead atoms. The first-order chi connectivity index (χ1) is 6.00. The summed E-state index contributed by atoms with van der Waals surface area (Å²) in [4.78, 5) is 17.8. The van der Waals surface area contributed by atoms with Crippen molar-refractivity contribution >= 4 is 11.6 Å². The molecule has 4 nitrogen and oxygen atoms in total. The summed E-state index contributed by atoms with van der Waals surface area (Å²) in [5.74, 6) is 0. The number of halogens is 1. The van der Waals surface area contributed by atoms with Gasteiger partial charge in [-0.05, 0) is 25.4 Å². The van der Waals surface area contributed by atoms with Crippen LogP contribution in [-0.2, 0) is 16.9 Å². The van der Waals surface area contributed by atoms with E-state index in [-0.39, 0.29) is 10.8 Å². The Morgan fingerprint density at radius 2 is 2.31 bits per heavy atom. The van der Waals surface area contributed by atoms with E-state index in [4.69, 9.17) is 16.3 Å². The second-order valence-corrected chi connectivity index (χ2v) is 3.84. The van der Waals surface area contributed by atoms with Gasteiger partial charge in [-0.15, -0.1) is 0 Å². The number of ether oxygens (including phenoxy) is 1. The van der Waals surface area contributed by atoms with Crippen LogP contribution in [0.4, 0.5) is 0 Å². The van der Waals surface area contributed by atoms with Crippen LogP contribution in [0.1, 0.15) is 25.1 Å². The third-order valence-electron chi connectivity index (χ3n) is 2.13. The highest BCUT2D eigenvalue weighted by molar-refractivity contribution is 6.28. The number of hydrogen-bond donors (Lipinski definition) is 1. The molecule has 0 saturated heterocycles. The number of nitrogens with zero attached hydrogens (tertiary/aromatic N) is 1. The quantitative estimate of drug-likeness (QED) is 0.640. The van der Waals surface area contributed by atoms with Gasteiger partial charge in [-0.25, -0.2) is 4.98 Å². The molecule has 0 amide bonds. The summed E-state index contributed by atoms with van der Waals surface area (Å²) in [5, 5.41) is 0.113. The van der Waals surface area contributed by atoms with Gasteiger partial charge in [-0.2, -0.15) is 0 Å². The van der Waals surface area contributed by atoms with E-state index in [9.17, 15) is 4.79 Å². The zero-order chi connectivity index (χ0) is 9.64. The second-order valence-electron chi connectivity index (χ2n) is 3.48. The molecular weight excluding hydrogens is 192 g/mol. The van der Waals surface area contributed by atoms with Gasteiger partial charge in [-0.1, -0.05) is 0 Å². The van der Waals surface area contributed by atoms with E-state index in [1.54, 1.807) is 0 Å². The molecule has 0 fully saturated rings. The lowest BCUT2D eigenvalue weighted by molar-refractivity contribution is -0.0102. The average molecular weight is 201 g/mol. The Bertz CT molecular complexity index is 411. The van der Waals surface area contributed by atoms with Crippen molar-refractivity contribution in [2.45, 2.75) is 26.1 Å². The molecule has 0 saturated carbocycles. The minimum absolute atomic E-state index is 0.113. The Morgan fingerprint density at radius 3 is 3.00 bits per heavy atom. The maximum atomic E-state index is 11.4. The molecule has 1 aliphatic rings. The zero-order valence-electron chi connectivity index (χ0n) is 7.35. The van der Waals surface area contributed by atoms with Crippen LogP contribution in [0.3, 0.4) is 0 Å². The smallest absolute Gasteiger partial charge is 0.257 e. The molecule has 13 heavy (non-hydrogen) atoms. The molecule has 1 N–H and O–H groups in total. The molecule has 0 aromatic carbocycles. The third kappa shape index (κ3) is 1.26. The lowest BCUT2D eigenvalue weighted by Gasteiger charge is -2.16. The first-order valence-corrected chi connectivity index (χ1v) is 4.31. The van der Waals surface area contributed by atoms with Gasteiger partial charge in [0.05, 0.1) is 17.9 Å². The maximum absolute atomic E-state index is 11.4. The Morgan fingerprint density at radius 1 is 1.62 bits per heavy atom. The highest BCUT2D eigenvalue weighted by Crippen LogP contribution is 2.32. The van der Waals surface area contributed by atoms with Gasteiger partial charge in [0.1, 0.15) is 5.60 Å². The van der Waals surface area contributed by atoms with Gasteiger partial charge in [0.2, 0.25) is 5.28 Å². The molecule has 1 aliphatic heterocycles. The number of hydrogen-bond acceptors (Lipinski definition) is 3. The number of rotatable bonds is 0. The predicted molar refractivity (Wildman–Crippen MR) is 47.7 cm³/mol. The van der Waals surface area contributed by atoms with Crippen molar-refractivity contribution in [3.63, 3.8) is 0 Å². The van der Waals surface area contributed by atoms with Crippen LogP contribution in [0.15, 0.2) is 4.79 Å². The van der Waals surface area contributed by atoms with Crippen molar-refractivity contribution < 1.29 is 4.74 Å². The Kier molecular flexibility index (Phi) is 1.72. The monoisotopic (exact) mass is 200 g/mol. The molecule has 2 heterocycles. The minimum atomic E-state index is -0.507. The van der Waals surface area contributed by atoms with Crippen molar-refractivity contribution in [2.24, 2.45) is 0 Å². The van der Waals surface area contributed by atoms with E-state index in [1.807, 2.05) is 13.8 Å².